The van der Waals surface area contributed by atoms with Crippen LogP contribution in [0.15, 0.2) is 283 Å². The third kappa shape index (κ3) is 7.12. The summed E-state index contributed by atoms with van der Waals surface area (Å²) in [7, 11) is 0. The number of aromatic nitrogens is 1. The molecule has 75 heavy (non-hydrogen) atoms. The Morgan fingerprint density at radius 3 is 1.51 bits per heavy atom. The van der Waals surface area contributed by atoms with Crippen molar-refractivity contribution in [2.45, 2.75) is 0 Å². The average molecular weight is 955 g/mol. The van der Waals surface area contributed by atoms with Crippen LogP contribution in [0, 0.1) is 0 Å². The van der Waals surface area contributed by atoms with Gasteiger partial charge < -0.3 is 13.9 Å². The van der Waals surface area contributed by atoms with Crippen molar-refractivity contribution in [3.05, 3.63) is 279 Å². The highest BCUT2D eigenvalue weighted by atomic mass is 16.3. The fourth-order valence-corrected chi connectivity index (χ4v) is 11.7. The molecule has 3 heteroatoms. The normalized spacial score (nSPS) is 11.7. The Kier molecular flexibility index (Phi) is 9.89. The Morgan fingerprint density at radius 2 is 0.760 bits per heavy atom. The second-order valence-electron chi connectivity index (χ2n) is 19.6. The number of hydrogen-bond donors (Lipinski definition) is 0. The van der Waals surface area contributed by atoms with E-state index in [0.717, 1.165) is 89.0 Å². The molecule has 13 aromatic carbocycles. The van der Waals surface area contributed by atoms with Gasteiger partial charge >= 0.3 is 0 Å². The van der Waals surface area contributed by atoms with Crippen molar-refractivity contribution in [2.75, 3.05) is 4.90 Å². The van der Waals surface area contributed by atoms with Gasteiger partial charge in [-0.2, -0.15) is 0 Å². The van der Waals surface area contributed by atoms with Crippen molar-refractivity contribution in [1.82, 2.24) is 4.57 Å². The highest BCUT2D eigenvalue weighted by Gasteiger charge is 2.21. The summed E-state index contributed by atoms with van der Waals surface area (Å²) in [6, 6.07) is 102. The molecular formula is C72H46N2O. The minimum atomic E-state index is 0.898. The largest absolute Gasteiger partial charge is 0.455 e. The molecule has 15 rings (SSSR count). The summed E-state index contributed by atoms with van der Waals surface area (Å²) < 4.78 is 9.22. The van der Waals surface area contributed by atoms with Gasteiger partial charge in [0.05, 0.1) is 16.7 Å². The molecule has 0 saturated heterocycles. The van der Waals surface area contributed by atoms with Crippen molar-refractivity contribution in [3.8, 4) is 50.2 Å². The molecule has 350 valence electrons. The predicted octanol–water partition coefficient (Wildman–Crippen LogP) is 20.3. The molecule has 0 aliphatic rings. The quantitative estimate of drug-likeness (QED) is 0.142. The zero-order chi connectivity index (χ0) is 49.4. The maximum Gasteiger partial charge on any atom is 0.143 e. The second-order valence-corrected chi connectivity index (χ2v) is 19.6. The SMILES string of the molecule is c1ccc(-c2cc(-c3ccc4ccc5ccccc5c4c3)ccc2N(c2ccc(-c3cccc(-n4c5ccccc5c5ccccc54)c3)cc2)c2ccc(-c3cccc4c3oc3c5ccccc5ccc43)cc2)cc1. The lowest BCUT2D eigenvalue weighted by Gasteiger charge is -2.29. The smallest absolute Gasteiger partial charge is 0.143 e. The molecule has 3 nitrogen and oxygen atoms in total. The molecule has 0 fully saturated rings. The van der Waals surface area contributed by atoms with E-state index in [1.807, 2.05) is 0 Å². The maximum absolute atomic E-state index is 6.83. The van der Waals surface area contributed by atoms with Gasteiger partial charge in [-0.05, 0) is 133 Å². The van der Waals surface area contributed by atoms with Crippen LogP contribution in [0.3, 0.4) is 0 Å². The molecule has 0 saturated carbocycles. The first-order chi connectivity index (χ1) is 37.2. The molecule has 0 atom stereocenters. The number of hydrogen-bond acceptors (Lipinski definition) is 2. The molecule has 0 unspecified atom stereocenters. The molecule has 0 amide bonds. The van der Waals surface area contributed by atoms with Crippen molar-refractivity contribution in [2.24, 2.45) is 0 Å². The number of nitrogens with zero attached hydrogens (tertiary/aromatic N) is 2. The van der Waals surface area contributed by atoms with Gasteiger partial charge in [0.2, 0.25) is 0 Å². The van der Waals surface area contributed by atoms with Crippen LogP contribution in [-0.4, -0.2) is 4.57 Å². The molecule has 15 aromatic rings. The van der Waals surface area contributed by atoms with E-state index in [4.69, 9.17) is 4.42 Å². The standard InChI is InChI=1S/C72H46N2O/c1-2-14-48(15-3-1)67-46-55(54-31-30-52-29-28-49-16-4-6-20-59(49)66(52)45-54)37-43-70(67)73(57-40-34-51(35-41-57)61-24-13-25-64-65-42-36-50-17-5-7-21-60(50)72(65)75-71(61)64)56-38-32-47(33-39-56)53-18-12-19-58(44-53)74-68-26-10-8-22-62(68)63-23-9-11-27-69(63)74/h1-46H. The molecule has 0 spiro atoms. The van der Waals surface area contributed by atoms with E-state index in [0.29, 0.717) is 0 Å². The van der Waals surface area contributed by atoms with Crippen LogP contribution in [0.1, 0.15) is 0 Å². The summed E-state index contributed by atoms with van der Waals surface area (Å²) in [5.41, 5.74) is 17.6. The number of rotatable bonds is 8. The van der Waals surface area contributed by atoms with E-state index in [1.165, 1.54) is 54.3 Å². The van der Waals surface area contributed by atoms with Crippen molar-refractivity contribution in [1.29, 1.82) is 0 Å². The van der Waals surface area contributed by atoms with Gasteiger partial charge in [0.15, 0.2) is 0 Å². The Hall–Kier alpha value is -9.96. The van der Waals surface area contributed by atoms with Crippen LogP contribution in [0.2, 0.25) is 0 Å². The van der Waals surface area contributed by atoms with Gasteiger partial charge in [-0.1, -0.05) is 206 Å². The minimum Gasteiger partial charge on any atom is -0.455 e. The Morgan fingerprint density at radius 1 is 0.267 bits per heavy atom. The summed E-state index contributed by atoms with van der Waals surface area (Å²) in [5, 5.41) is 12.0. The average Bonchev–Trinajstić information content (AvgIpc) is 4.07. The zero-order valence-electron chi connectivity index (χ0n) is 40.9. The Bertz CT molecular complexity index is 4640. The van der Waals surface area contributed by atoms with Crippen molar-refractivity contribution < 1.29 is 4.42 Å². The molecular weight excluding hydrogens is 909 g/mol. The van der Waals surface area contributed by atoms with Crippen LogP contribution < -0.4 is 4.90 Å². The Labute approximate surface area is 434 Å². The summed E-state index contributed by atoms with van der Waals surface area (Å²) in [6.45, 7) is 0. The van der Waals surface area contributed by atoms with Gasteiger partial charge in [-0.25, -0.2) is 0 Å². The maximum atomic E-state index is 6.83. The molecule has 0 N–H and O–H groups in total. The van der Waals surface area contributed by atoms with Crippen molar-refractivity contribution in [3.63, 3.8) is 0 Å². The number of anilines is 3. The van der Waals surface area contributed by atoms with Crippen LogP contribution in [-0.2, 0) is 0 Å². The van der Waals surface area contributed by atoms with Gasteiger partial charge in [-0.15, -0.1) is 0 Å². The molecule has 0 radical (unpaired) electrons. The van der Waals surface area contributed by atoms with E-state index in [9.17, 15) is 0 Å². The monoisotopic (exact) mass is 954 g/mol. The van der Waals surface area contributed by atoms with Gasteiger partial charge in [0, 0.05) is 55.1 Å². The summed E-state index contributed by atoms with van der Waals surface area (Å²) >= 11 is 0. The first-order valence-electron chi connectivity index (χ1n) is 25.7. The van der Waals surface area contributed by atoms with Crippen molar-refractivity contribution >= 4 is 93.1 Å². The Balaban J connectivity index is 0.873. The number of para-hydroxylation sites is 3. The topological polar surface area (TPSA) is 21.3 Å². The molecule has 0 aliphatic heterocycles. The minimum absolute atomic E-state index is 0.898. The van der Waals surface area contributed by atoms with E-state index in [-0.39, 0.29) is 0 Å². The van der Waals surface area contributed by atoms with Crippen LogP contribution in [0.4, 0.5) is 17.1 Å². The lowest BCUT2D eigenvalue weighted by atomic mass is 9.93. The second kappa shape index (κ2) is 17.4. The lowest BCUT2D eigenvalue weighted by molar-refractivity contribution is 0.674. The number of benzene rings is 13. The molecule has 0 bridgehead atoms. The summed E-state index contributed by atoms with van der Waals surface area (Å²) in [4.78, 5) is 2.41. The predicted molar refractivity (Wildman–Crippen MR) is 317 cm³/mol. The first-order valence-corrected chi connectivity index (χ1v) is 25.7. The summed E-state index contributed by atoms with van der Waals surface area (Å²) in [5.74, 6) is 0. The highest BCUT2D eigenvalue weighted by molar-refractivity contribution is 6.17. The highest BCUT2D eigenvalue weighted by Crippen LogP contribution is 2.46. The summed E-state index contributed by atoms with van der Waals surface area (Å²) in [6.07, 6.45) is 0. The van der Waals surface area contributed by atoms with E-state index < -0.39 is 0 Å². The third-order valence-corrected chi connectivity index (χ3v) is 15.4. The van der Waals surface area contributed by atoms with E-state index in [1.54, 1.807) is 0 Å². The molecule has 2 heterocycles. The van der Waals surface area contributed by atoms with Crippen LogP contribution in [0.5, 0.6) is 0 Å². The van der Waals surface area contributed by atoms with Crippen LogP contribution in [0.25, 0.3) is 126 Å². The molecule has 2 aromatic heterocycles. The fourth-order valence-electron chi connectivity index (χ4n) is 11.7. The van der Waals surface area contributed by atoms with Gasteiger partial charge in [0.25, 0.3) is 0 Å². The van der Waals surface area contributed by atoms with E-state index in [2.05, 4.69) is 289 Å². The van der Waals surface area contributed by atoms with Gasteiger partial charge in [-0.3, -0.25) is 0 Å². The zero-order valence-corrected chi connectivity index (χ0v) is 40.9. The number of furan rings is 1. The fraction of sp³-hybridized carbons (Fsp3) is 0. The van der Waals surface area contributed by atoms with Crippen LogP contribution >= 0.6 is 0 Å². The third-order valence-electron chi connectivity index (χ3n) is 15.4. The first kappa shape index (κ1) is 42.7. The van der Waals surface area contributed by atoms with Gasteiger partial charge in [0.1, 0.15) is 11.2 Å². The molecule has 0 aliphatic carbocycles. The number of fused-ring (bicyclic) bond motifs is 11. The van der Waals surface area contributed by atoms with E-state index >= 15 is 0 Å². The lowest BCUT2D eigenvalue weighted by Crippen LogP contribution is -2.11.